The second-order valence-corrected chi connectivity index (χ2v) is 6.69. The van der Waals surface area contributed by atoms with Crippen LogP contribution in [0.2, 0.25) is 0 Å². The van der Waals surface area contributed by atoms with Crippen molar-refractivity contribution in [3.8, 4) is 11.1 Å². The fourth-order valence-corrected chi connectivity index (χ4v) is 3.18. The van der Waals surface area contributed by atoms with Crippen molar-refractivity contribution in [1.82, 2.24) is 4.98 Å². The Morgan fingerprint density at radius 1 is 0.964 bits per heavy atom. The average Bonchev–Trinajstić information content (AvgIpc) is 3.06. The Labute approximate surface area is 163 Å². The summed E-state index contributed by atoms with van der Waals surface area (Å²) in [6, 6.07) is 16.3. The molecule has 2 N–H and O–H groups in total. The highest BCUT2D eigenvalue weighted by Crippen LogP contribution is 2.34. The molecule has 0 spiro atoms. The minimum absolute atomic E-state index is 0.653. The number of aromatic nitrogens is 1. The molecule has 2 aromatic heterocycles. The van der Waals surface area contributed by atoms with Crippen molar-refractivity contribution in [2.24, 2.45) is 0 Å². The summed E-state index contributed by atoms with van der Waals surface area (Å²) in [5.41, 5.74) is 7.07. The molecule has 0 unspecified atom stereocenters. The number of fused-ring (bicyclic) bond motifs is 3. The maximum absolute atomic E-state index is 5.83. The third-order valence-electron chi connectivity index (χ3n) is 4.49. The van der Waals surface area contributed by atoms with E-state index in [0.717, 1.165) is 50.3 Å². The van der Waals surface area contributed by atoms with Crippen molar-refractivity contribution in [3.63, 3.8) is 0 Å². The maximum Gasteiger partial charge on any atom is 0.227 e. The number of benzene rings is 2. The highest BCUT2D eigenvalue weighted by Gasteiger charge is 2.11. The van der Waals surface area contributed by atoms with Crippen molar-refractivity contribution in [2.75, 3.05) is 10.6 Å². The Balaban J connectivity index is 1.82. The molecule has 0 aliphatic carbocycles. The van der Waals surface area contributed by atoms with Gasteiger partial charge in [-0.15, -0.1) is 0 Å². The van der Waals surface area contributed by atoms with E-state index in [0.29, 0.717) is 5.71 Å². The van der Waals surface area contributed by atoms with Crippen LogP contribution in [-0.4, -0.2) is 4.98 Å². The number of rotatable bonds is 6. The Hall–Kier alpha value is -3.79. The van der Waals surface area contributed by atoms with E-state index in [1.807, 2.05) is 31.2 Å². The van der Waals surface area contributed by atoms with E-state index in [4.69, 9.17) is 4.42 Å². The summed E-state index contributed by atoms with van der Waals surface area (Å²) >= 11 is 0. The second kappa shape index (κ2) is 7.08. The number of anilines is 2. The fourth-order valence-electron chi connectivity index (χ4n) is 3.18. The van der Waals surface area contributed by atoms with Crippen molar-refractivity contribution in [1.29, 1.82) is 0 Å². The van der Waals surface area contributed by atoms with Crippen molar-refractivity contribution in [2.45, 2.75) is 6.92 Å². The van der Waals surface area contributed by atoms with Crippen LogP contribution >= 0.6 is 0 Å². The average molecular weight is 367 g/mol. The summed E-state index contributed by atoms with van der Waals surface area (Å²) in [7, 11) is 0. The predicted molar refractivity (Wildman–Crippen MR) is 118 cm³/mol. The molecule has 0 bridgehead atoms. The number of nitrogens with one attached hydrogen (secondary N) is 2. The van der Waals surface area contributed by atoms with E-state index in [2.05, 4.69) is 59.6 Å². The summed E-state index contributed by atoms with van der Waals surface area (Å²) in [5, 5.41) is 8.63. The van der Waals surface area contributed by atoms with Crippen LogP contribution < -0.4 is 10.6 Å². The first-order chi connectivity index (χ1) is 13.5. The zero-order valence-corrected chi connectivity index (χ0v) is 15.8. The Bertz CT molecular complexity index is 1230. The van der Waals surface area contributed by atoms with Gasteiger partial charge in [0, 0.05) is 28.4 Å². The minimum atomic E-state index is 0.653. The van der Waals surface area contributed by atoms with Crippen LogP contribution in [-0.2, 0) is 0 Å². The van der Waals surface area contributed by atoms with Crippen LogP contribution in [0, 0.1) is 0 Å². The molecule has 0 aliphatic rings. The molecule has 28 heavy (non-hydrogen) atoms. The first kappa shape index (κ1) is 17.6. The van der Waals surface area contributed by atoms with Gasteiger partial charge in [-0.1, -0.05) is 31.9 Å². The fraction of sp³-hybridized carbons (Fsp3) is 0.0417. The molecule has 4 rings (SSSR count). The molecule has 0 saturated carbocycles. The normalized spacial score (nSPS) is 10.8. The maximum atomic E-state index is 5.83. The van der Waals surface area contributed by atoms with E-state index in [1.54, 1.807) is 12.3 Å². The molecule has 138 valence electrons. The Kier molecular flexibility index (Phi) is 4.45. The highest BCUT2D eigenvalue weighted by molar-refractivity contribution is 6.05. The van der Waals surface area contributed by atoms with E-state index in [1.165, 1.54) is 0 Å². The molecule has 0 atom stereocenters. The smallest absolute Gasteiger partial charge is 0.227 e. The van der Waals surface area contributed by atoms with Crippen LogP contribution in [0.15, 0.2) is 96.4 Å². The molecule has 0 fully saturated rings. The number of pyridine rings is 1. The number of hydrogen-bond acceptors (Lipinski definition) is 4. The van der Waals surface area contributed by atoms with E-state index in [-0.39, 0.29) is 0 Å². The summed E-state index contributed by atoms with van der Waals surface area (Å²) in [6.45, 7) is 13.6. The van der Waals surface area contributed by atoms with Crippen LogP contribution in [0.25, 0.3) is 33.2 Å². The van der Waals surface area contributed by atoms with Crippen LogP contribution in [0.4, 0.5) is 11.4 Å². The van der Waals surface area contributed by atoms with Crippen molar-refractivity contribution in [3.05, 3.63) is 91.9 Å². The predicted octanol–water partition coefficient (Wildman–Crippen LogP) is 6.71. The minimum Gasteiger partial charge on any atom is -0.438 e. The van der Waals surface area contributed by atoms with Gasteiger partial charge in [-0.25, -0.2) is 4.98 Å². The van der Waals surface area contributed by atoms with Crippen LogP contribution in [0.1, 0.15) is 6.92 Å². The summed E-state index contributed by atoms with van der Waals surface area (Å²) in [6.07, 6.45) is 3.43. The lowest BCUT2D eigenvalue weighted by molar-refractivity contribution is 0.654. The van der Waals surface area contributed by atoms with Crippen LogP contribution in [0.3, 0.4) is 0 Å². The van der Waals surface area contributed by atoms with E-state index < -0.39 is 0 Å². The van der Waals surface area contributed by atoms with Gasteiger partial charge in [0.15, 0.2) is 0 Å². The molecule has 2 aromatic carbocycles. The quantitative estimate of drug-likeness (QED) is 0.372. The van der Waals surface area contributed by atoms with Gasteiger partial charge in [0.25, 0.3) is 0 Å². The third-order valence-corrected chi connectivity index (χ3v) is 4.49. The summed E-state index contributed by atoms with van der Waals surface area (Å²) in [4.78, 5) is 4.30. The molecule has 0 aliphatic heterocycles. The molecule has 2 heterocycles. The third kappa shape index (κ3) is 3.28. The van der Waals surface area contributed by atoms with Gasteiger partial charge in [0.2, 0.25) is 5.71 Å². The van der Waals surface area contributed by atoms with Gasteiger partial charge < -0.3 is 15.1 Å². The molecule has 4 aromatic rings. The standard InChI is InChI=1S/C24H21N3O/c1-5-16(4)27-22-14-18(8-10-21(22)26-15(2)3)17-9-11-23-20(13-17)19-7-6-12-25-24(19)28-23/h5-14,26-27H,1-2,4H2,3H3. The number of allylic oxidation sites excluding steroid dienone is 2. The molecule has 0 saturated heterocycles. The second-order valence-electron chi connectivity index (χ2n) is 6.69. The molecule has 0 amide bonds. The van der Waals surface area contributed by atoms with Gasteiger partial charge in [-0.3, -0.25) is 0 Å². The molecular formula is C24H21N3O. The summed E-state index contributed by atoms with van der Waals surface area (Å²) < 4.78 is 5.83. The van der Waals surface area contributed by atoms with E-state index in [9.17, 15) is 0 Å². The lowest BCUT2D eigenvalue weighted by Gasteiger charge is -2.16. The number of hydrogen-bond donors (Lipinski definition) is 2. The zero-order chi connectivity index (χ0) is 19.7. The van der Waals surface area contributed by atoms with Gasteiger partial charge in [0.1, 0.15) is 5.58 Å². The summed E-state index contributed by atoms with van der Waals surface area (Å²) in [5.74, 6) is 0. The van der Waals surface area contributed by atoms with E-state index >= 15 is 0 Å². The SMILES string of the molecule is C=CC(=C)Nc1cc(-c2ccc3oc4ncccc4c3c2)ccc1NC(=C)C. The van der Waals surface area contributed by atoms with Crippen molar-refractivity contribution < 1.29 is 4.42 Å². The molecule has 4 heteroatoms. The monoisotopic (exact) mass is 367 g/mol. The Morgan fingerprint density at radius 3 is 2.54 bits per heavy atom. The van der Waals surface area contributed by atoms with Gasteiger partial charge >= 0.3 is 0 Å². The van der Waals surface area contributed by atoms with Crippen LogP contribution in [0.5, 0.6) is 0 Å². The number of furan rings is 1. The first-order valence-corrected chi connectivity index (χ1v) is 8.98. The molecule has 0 radical (unpaired) electrons. The van der Waals surface area contributed by atoms with Crippen molar-refractivity contribution >= 4 is 33.4 Å². The first-order valence-electron chi connectivity index (χ1n) is 8.98. The van der Waals surface area contributed by atoms with Gasteiger partial charge in [0.05, 0.1) is 11.4 Å². The van der Waals surface area contributed by atoms with Gasteiger partial charge in [-0.05, 0) is 60.5 Å². The zero-order valence-electron chi connectivity index (χ0n) is 15.8. The largest absolute Gasteiger partial charge is 0.438 e. The number of nitrogens with zero attached hydrogens (tertiary/aromatic N) is 1. The van der Waals surface area contributed by atoms with Gasteiger partial charge in [-0.2, -0.15) is 0 Å². The molecular weight excluding hydrogens is 346 g/mol. The molecule has 4 nitrogen and oxygen atoms in total. The topological polar surface area (TPSA) is 50.1 Å². The lowest BCUT2D eigenvalue weighted by Crippen LogP contribution is -2.02. The highest BCUT2D eigenvalue weighted by atomic mass is 16.3. The Morgan fingerprint density at radius 2 is 1.75 bits per heavy atom. The lowest BCUT2D eigenvalue weighted by atomic mass is 10.0.